The van der Waals surface area contributed by atoms with Crippen molar-refractivity contribution in [2.24, 2.45) is 5.73 Å². The molecule has 21 heavy (non-hydrogen) atoms. The van der Waals surface area contributed by atoms with Gasteiger partial charge in [-0.05, 0) is 37.6 Å². The molecule has 1 heterocycles. The van der Waals surface area contributed by atoms with E-state index in [4.69, 9.17) is 26.8 Å². The van der Waals surface area contributed by atoms with Crippen LogP contribution in [0.5, 0.6) is 11.5 Å². The molecule has 118 valence electrons. The van der Waals surface area contributed by atoms with Crippen molar-refractivity contribution in [2.75, 3.05) is 26.3 Å². The van der Waals surface area contributed by atoms with Crippen molar-refractivity contribution in [2.45, 2.75) is 39.3 Å². The second-order valence-corrected chi connectivity index (χ2v) is 5.77. The zero-order valence-corrected chi connectivity index (χ0v) is 13.8. The smallest absolute Gasteiger partial charge is 0.179 e. The first-order chi connectivity index (χ1) is 10.1. The first-order valence-electron chi connectivity index (χ1n) is 7.67. The highest BCUT2D eigenvalue weighted by atomic mass is 35.5. The maximum Gasteiger partial charge on any atom is 0.179 e. The number of hydrogen-bond acceptors (Lipinski definition) is 4. The normalized spacial score (nSPS) is 16.9. The third-order valence-corrected chi connectivity index (χ3v) is 4.43. The van der Waals surface area contributed by atoms with E-state index in [0.717, 1.165) is 24.3 Å². The molecule has 4 nitrogen and oxygen atoms in total. The molecule has 1 aliphatic rings. The van der Waals surface area contributed by atoms with Crippen molar-refractivity contribution in [3.8, 4) is 11.5 Å². The molecule has 2 unspecified atom stereocenters. The standard InChI is InChI=1S/C16H25ClN2O2/c1-4-11(3)19(5-2)14(10-18)12-8-13(17)16-15(9-12)20-6-7-21-16/h8-9,11,14H,4-7,10,18H2,1-3H3. The number of halogens is 1. The quantitative estimate of drug-likeness (QED) is 0.876. The molecule has 0 aromatic heterocycles. The lowest BCUT2D eigenvalue weighted by atomic mass is 10.0. The molecular formula is C16H25ClN2O2. The fourth-order valence-electron chi connectivity index (χ4n) is 2.86. The Kier molecular flexibility index (Phi) is 5.73. The van der Waals surface area contributed by atoms with Gasteiger partial charge in [0, 0.05) is 18.6 Å². The second kappa shape index (κ2) is 7.34. The molecule has 0 amide bonds. The van der Waals surface area contributed by atoms with E-state index in [2.05, 4.69) is 25.7 Å². The van der Waals surface area contributed by atoms with Gasteiger partial charge in [-0.15, -0.1) is 0 Å². The third kappa shape index (κ3) is 3.44. The first-order valence-corrected chi connectivity index (χ1v) is 8.04. The van der Waals surface area contributed by atoms with Crippen LogP contribution in [0.3, 0.4) is 0 Å². The van der Waals surface area contributed by atoms with Crippen molar-refractivity contribution in [3.63, 3.8) is 0 Å². The molecule has 0 aliphatic carbocycles. The molecule has 2 N–H and O–H groups in total. The third-order valence-electron chi connectivity index (χ3n) is 4.15. The van der Waals surface area contributed by atoms with Gasteiger partial charge in [0.1, 0.15) is 13.2 Å². The zero-order chi connectivity index (χ0) is 15.4. The minimum atomic E-state index is 0.137. The van der Waals surface area contributed by atoms with E-state index in [1.165, 1.54) is 0 Å². The molecule has 0 bridgehead atoms. The predicted molar refractivity (Wildman–Crippen MR) is 86.4 cm³/mol. The molecule has 1 aliphatic heterocycles. The Morgan fingerprint density at radius 2 is 2.00 bits per heavy atom. The van der Waals surface area contributed by atoms with Crippen LogP contribution in [-0.4, -0.2) is 37.2 Å². The van der Waals surface area contributed by atoms with Crippen LogP contribution < -0.4 is 15.2 Å². The lowest BCUT2D eigenvalue weighted by Crippen LogP contribution is -2.39. The van der Waals surface area contributed by atoms with Crippen molar-refractivity contribution in [1.82, 2.24) is 4.90 Å². The summed E-state index contributed by atoms with van der Waals surface area (Å²) in [6.45, 7) is 9.18. The summed E-state index contributed by atoms with van der Waals surface area (Å²) in [7, 11) is 0. The van der Waals surface area contributed by atoms with Crippen LogP contribution in [0.15, 0.2) is 12.1 Å². The molecule has 0 spiro atoms. The number of nitrogens with two attached hydrogens (primary N) is 1. The van der Waals surface area contributed by atoms with E-state index in [0.29, 0.717) is 36.6 Å². The second-order valence-electron chi connectivity index (χ2n) is 5.37. The van der Waals surface area contributed by atoms with Crippen molar-refractivity contribution in [1.29, 1.82) is 0 Å². The monoisotopic (exact) mass is 312 g/mol. The highest BCUT2D eigenvalue weighted by molar-refractivity contribution is 6.32. The van der Waals surface area contributed by atoms with Gasteiger partial charge in [0.15, 0.2) is 11.5 Å². The summed E-state index contributed by atoms with van der Waals surface area (Å²) >= 11 is 6.35. The summed E-state index contributed by atoms with van der Waals surface area (Å²) in [4.78, 5) is 2.40. The molecule has 0 saturated carbocycles. The van der Waals surface area contributed by atoms with Gasteiger partial charge in [-0.25, -0.2) is 0 Å². The Labute approximate surface area is 132 Å². The van der Waals surface area contributed by atoms with Gasteiger partial charge in [0.2, 0.25) is 0 Å². The summed E-state index contributed by atoms with van der Waals surface area (Å²) < 4.78 is 11.2. The largest absolute Gasteiger partial charge is 0.486 e. The minimum absolute atomic E-state index is 0.137. The Morgan fingerprint density at radius 3 is 2.62 bits per heavy atom. The van der Waals surface area contributed by atoms with Gasteiger partial charge in [0.25, 0.3) is 0 Å². The van der Waals surface area contributed by atoms with Crippen LogP contribution in [0, 0.1) is 0 Å². The lowest BCUT2D eigenvalue weighted by Gasteiger charge is -2.35. The average Bonchev–Trinajstić information content (AvgIpc) is 2.51. The van der Waals surface area contributed by atoms with Crippen molar-refractivity contribution < 1.29 is 9.47 Å². The van der Waals surface area contributed by atoms with E-state index < -0.39 is 0 Å². The SMILES string of the molecule is CCC(C)N(CC)C(CN)c1cc(Cl)c2c(c1)OCCO2. The number of likely N-dealkylation sites (N-methyl/N-ethyl adjacent to an activating group) is 1. The van der Waals surface area contributed by atoms with Crippen LogP contribution in [-0.2, 0) is 0 Å². The number of fused-ring (bicyclic) bond motifs is 1. The van der Waals surface area contributed by atoms with Crippen LogP contribution in [0.2, 0.25) is 5.02 Å². The van der Waals surface area contributed by atoms with E-state index >= 15 is 0 Å². The highest BCUT2D eigenvalue weighted by Gasteiger charge is 2.25. The molecule has 0 fully saturated rings. The highest BCUT2D eigenvalue weighted by Crippen LogP contribution is 2.40. The number of rotatable bonds is 6. The molecule has 1 aromatic rings. The van der Waals surface area contributed by atoms with E-state index in [-0.39, 0.29) is 6.04 Å². The zero-order valence-electron chi connectivity index (χ0n) is 13.1. The van der Waals surface area contributed by atoms with Gasteiger partial charge in [-0.1, -0.05) is 25.4 Å². The summed E-state index contributed by atoms with van der Waals surface area (Å²) in [5.74, 6) is 1.37. The summed E-state index contributed by atoms with van der Waals surface area (Å²) in [6.07, 6.45) is 1.09. The Balaban J connectivity index is 2.35. The first kappa shape index (κ1) is 16.4. The van der Waals surface area contributed by atoms with Gasteiger partial charge in [-0.3, -0.25) is 4.90 Å². The Morgan fingerprint density at radius 1 is 1.29 bits per heavy atom. The maximum atomic E-state index is 6.35. The number of hydrogen-bond donors (Lipinski definition) is 1. The molecule has 0 radical (unpaired) electrons. The summed E-state index contributed by atoms with van der Waals surface area (Å²) in [6, 6.07) is 4.58. The molecule has 5 heteroatoms. The predicted octanol–water partition coefficient (Wildman–Crippen LogP) is 3.23. The maximum absolute atomic E-state index is 6.35. The van der Waals surface area contributed by atoms with Crippen molar-refractivity contribution in [3.05, 3.63) is 22.7 Å². The van der Waals surface area contributed by atoms with E-state index in [1.54, 1.807) is 0 Å². The molecular weight excluding hydrogens is 288 g/mol. The van der Waals surface area contributed by atoms with Gasteiger partial charge in [0.05, 0.1) is 5.02 Å². The number of ether oxygens (including phenoxy) is 2. The lowest BCUT2D eigenvalue weighted by molar-refractivity contribution is 0.149. The number of benzene rings is 1. The average molecular weight is 313 g/mol. The molecule has 0 saturated heterocycles. The van der Waals surface area contributed by atoms with E-state index in [9.17, 15) is 0 Å². The molecule has 2 rings (SSSR count). The van der Waals surface area contributed by atoms with Crippen molar-refractivity contribution >= 4 is 11.6 Å². The number of nitrogens with zero attached hydrogens (tertiary/aromatic N) is 1. The summed E-state index contributed by atoms with van der Waals surface area (Å²) in [5, 5.41) is 0.598. The Hall–Kier alpha value is -0.970. The molecule has 1 aromatic carbocycles. The topological polar surface area (TPSA) is 47.7 Å². The minimum Gasteiger partial charge on any atom is -0.486 e. The van der Waals surface area contributed by atoms with Crippen LogP contribution in [0.25, 0.3) is 0 Å². The van der Waals surface area contributed by atoms with Gasteiger partial charge >= 0.3 is 0 Å². The van der Waals surface area contributed by atoms with Crippen LogP contribution in [0.4, 0.5) is 0 Å². The fraction of sp³-hybridized carbons (Fsp3) is 0.625. The van der Waals surface area contributed by atoms with Gasteiger partial charge < -0.3 is 15.2 Å². The van der Waals surface area contributed by atoms with Crippen LogP contribution in [0.1, 0.15) is 38.8 Å². The van der Waals surface area contributed by atoms with Gasteiger partial charge in [-0.2, -0.15) is 0 Å². The van der Waals surface area contributed by atoms with E-state index in [1.807, 2.05) is 12.1 Å². The Bertz CT molecular complexity index is 482. The summed E-state index contributed by atoms with van der Waals surface area (Å²) in [5.41, 5.74) is 7.13. The fourth-order valence-corrected chi connectivity index (χ4v) is 3.13. The molecule has 2 atom stereocenters. The van der Waals surface area contributed by atoms with Crippen LogP contribution >= 0.6 is 11.6 Å².